The number of benzene rings is 1. The number of nitrogens with one attached hydrogen (secondary N) is 2. The van der Waals surface area contributed by atoms with Crippen LogP contribution < -0.4 is 10.6 Å². The van der Waals surface area contributed by atoms with E-state index in [1.165, 1.54) is 6.42 Å². The maximum absolute atomic E-state index is 13.6. The molecular formula is C21H26ClFN2O3. The number of carbonyl (C=O) groups excluding carboxylic acids is 2. The zero-order chi connectivity index (χ0) is 19.9. The van der Waals surface area contributed by atoms with E-state index in [9.17, 15) is 19.1 Å². The number of phenols is 1. The predicted molar refractivity (Wildman–Crippen MR) is 104 cm³/mol. The number of hydrogen-bond donors (Lipinski definition) is 3. The summed E-state index contributed by atoms with van der Waals surface area (Å²) in [6.45, 7) is 0. The Hall–Kier alpha value is -1.82. The molecule has 0 spiro atoms. The summed E-state index contributed by atoms with van der Waals surface area (Å²) in [4.78, 5) is 25.1. The quantitative estimate of drug-likeness (QED) is 0.687. The fourth-order valence-corrected chi connectivity index (χ4v) is 5.12. The van der Waals surface area contributed by atoms with Gasteiger partial charge in [-0.3, -0.25) is 9.59 Å². The first kappa shape index (κ1) is 19.5. The fraction of sp³-hybridized carbons (Fsp3) is 0.619. The van der Waals surface area contributed by atoms with Crippen LogP contribution in [0.3, 0.4) is 0 Å². The average Bonchev–Trinajstić information content (AvgIpc) is 2.62. The second-order valence-electron chi connectivity index (χ2n) is 8.85. The first-order valence-electron chi connectivity index (χ1n) is 10.1. The monoisotopic (exact) mass is 408 g/mol. The number of hydrogen-bond acceptors (Lipinski definition) is 3. The molecule has 4 aliphatic rings. The van der Waals surface area contributed by atoms with Crippen molar-refractivity contribution >= 4 is 23.4 Å². The molecule has 0 heterocycles. The van der Waals surface area contributed by atoms with Crippen molar-refractivity contribution < 1.29 is 19.1 Å². The van der Waals surface area contributed by atoms with E-state index in [-0.39, 0.29) is 27.6 Å². The first-order valence-corrected chi connectivity index (χ1v) is 10.5. The molecule has 0 aromatic heterocycles. The molecule has 5 nitrogen and oxygen atoms in total. The Morgan fingerprint density at radius 1 is 1.07 bits per heavy atom. The lowest BCUT2D eigenvalue weighted by atomic mass is 9.61. The number of phenolic OH excluding ortho intramolecular Hbond substituents is 1. The molecule has 2 bridgehead atoms. The maximum Gasteiger partial charge on any atom is 0.255 e. The molecule has 3 N–H and O–H groups in total. The molecule has 2 amide bonds. The largest absolute Gasteiger partial charge is 0.506 e. The predicted octanol–water partition coefficient (Wildman–Crippen LogP) is 4.07. The van der Waals surface area contributed by atoms with Crippen molar-refractivity contribution in [3.63, 3.8) is 0 Å². The van der Waals surface area contributed by atoms with E-state index in [0.717, 1.165) is 63.5 Å². The van der Waals surface area contributed by atoms with Crippen molar-refractivity contribution in [1.29, 1.82) is 0 Å². The van der Waals surface area contributed by atoms with E-state index in [1.807, 2.05) is 0 Å². The molecule has 4 aliphatic carbocycles. The molecule has 1 aromatic carbocycles. The summed E-state index contributed by atoms with van der Waals surface area (Å²) in [7, 11) is 0. The molecule has 4 saturated carbocycles. The second-order valence-corrected chi connectivity index (χ2v) is 9.25. The molecule has 5 rings (SSSR count). The van der Waals surface area contributed by atoms with Gasteiger partial charge in [-0.2, -0.15) is 0 Å². The summed E-state index contributed by atoms with van der Waals surface area (Å²) < 4.78 is 13.6. The van der Waals surface area contributed by atoms with E-state index in [0.29, 0.717) is 12.3 Å². The standard InChI is InChI=1S/C21H26ClFN2O3/c22-16-12-14(23)11-15(18(16)27)19(28)25-21-7-4-20(5-8-21,6-9-21)24-17(26)10-13-2-1-3-13/h11-13,27H,1-10H2,(H,24,26)(H,25,28). The molecule has 28 heavy (non-hydrogen) atoms. The van der Waals surface area contributed by atoms with Gasteiger partial charge >= 0.3 is 0 Å². The molecule has 0 saturated heterocycles. The van der Waals surface area contributed by atoms with Crippen LogP contribution in [0.1, 0.15) is 74.6 Å². The van der Waals surface area contributed by atoms with E-state index in [1.54, 1.807) is 0 Å². The first-order chi connectivity index (χ1) is 13.3. The molecule has 0 atom stereocenters. The lowest BCUT2D eigenvalue weighted by molar-refractivity contribution is -0.126. The highest BCUT2D eigenvalue weighted by Gasteiger charge is 2.50. The molecule has 4 fully saturated rings. The lowest BCUT2D eigenvalue weighted by Gasteiger charge is -2.54. The number of carbonyl (C=O) groups is 2. The summed E-state index contributed by atoms with van der Waals surface area (Å²) in [6.07, 6.45) is 8.91. The second kappa shape index (κ2) is 7.21. The Bertz CT molecular complexity index is 785. The van der Waals surface area contributed by atoms with Crippen LogP contribution >= 0.6 is 11.6 Å². The third-order valence-electron chi connectivity index (χ3n) is 7.00. The van der Waals surface area contributed by atoms with Gasteiger partial charge in [-0.05, 0) is 69.4 Å². The SMILES string of the molecule is O=C(CC1CCC1)NC12CCC(NC(=O)c3cc(F)cc(Cl)c3O)(CC1)CC2. The Morgan fingerprint density at radius 3 is 2.18 bits per heavy atom. The summed E-state index contributed by atoms with van der Waals surface area (Å²) in [5, 5.41) is 16.1. The van der Waals surface area contributed by atoms with Crippen molar-refractivity contribution in [2.45, 2.75) is 75.3 Å². The molecule has 7 heteroatoms. The van der Waals surface area contributed by atoms with Gasteiger partial charge in [0.2, 0.25) is 5.91 Å². The minimum Gasteiger partial charge on any atom is -0.506 e. The van der Waals surface area contributed by atoms with Crippen LogP contribution in [0.25, 0.3) is 0 Å². The Balaban J connectivity index is 1.38. The summed E-state index contributed by atoms with van der Waals surface area (Å²) in [6, 6.07) is 1.98. The third-order valence-corrected chi connectivity index (χ3v) is 7.29. The molecule has 1 aromatic rings. The average molecular weight is 409 g/mol. The normalized spacial score (nSPS) is 29.2. The number of rotatable bonds is 5. The Labute approximate surface area is 169 Å². The lowest BCUT2D eigenvalue weighted by Crippen LogP contribution is -2.63. The van der Waals surface area contributed by atoms with Crippen LogP contribution in [0.15, 0.2) is 12.1 Å². The number of halogens is 2. The highest BCUT2D eigenvalue weighted by molar-refractivity contribution is 6.32. The van der Waals surface area contributed by atoms with Gasteiger partial charge in [0.25, 0.3) is 5.91 Å². The molecule has 0 aliphatic heterocycles. The van der Waals surface area contributed by atoms with Crippen molar-refractivity contribution in [2.24, 2.45) is 5.92 Å². The van der Waals surface area contributed by atoms with E-state index >= 15 is 0 Å². The van der Waals surface area contributed by atoms with Gasteiger partial charge in [-0.1, -0.05) is 18.0 Å². The summed E-state index contributed by atoms with van der Waals surface area (Å²) in [5.41, 5.74) is -0.670. The Kier molecular flexibility index (Phi) is 5.02. The zero-order valence-electron chi connectivity index (χ0n) is 15.8. The van der Waals surface area contributed by atoms with Gasteiger partial charge in [0.15, 0.2) is 0 Å². The van der Waals surface area contributed by atoms with Crippen molar-refractivity contribution in [3.05, 3.63) is 28.5 Å². The van der Waals surface area contributed by atoms with E-state index in [2.05, 4.69) is 10.6 Å². The smallest absolute Gasteiger partial charge is 0.255 e. The van der Waals surface area contributed by atoms with Crippen molar-refractivity contribution in [1.82, 2.24) is 10.6 Å². The van der Waals surface area contributed by atoms with Crippen LogP contribution in [-0.2, 0) is 4.79 Å². The van der Waals surface area contributed by atoms with Gasteiger partial charge in [-0.15, -0.1) is 0 Å². The molecular weight excluding hydrogens is 383 g/mol. The van der Waals surface area contributed by atoms with Crippen LogP contribution in [-0.4, -0.2) is 28.0 Å². The molecule has 152 valence electrons. The number of amides is 2. The highest BCUT2D eigenvalue weighted by Crippen LogP contribution is 2.47. The van der Waals surface area contributed by atoms with Gasteiger partial charge in [0.1, 0.15) is 11.6 Å². The zero-order valence-corrected chi connectivity index (χ0v) is 16.6. The van der Waals surface area contributed by atoms with Crippen LogP contribution in [0, 0.1) is 11.7 Å². The van der Waals surface area contributed by atoms with Gasteiger partial charge < -0.3 is 15.7 Å². The summed E-state index contributed by atoms with van der Waals surface area (Å²) >= 11 is 5.79. The minimum absolute atomic E-state index is 0.143. The van der Waals surface area contributed by atoms with E-state index < -0.39 is 17.5 Å². The van der Waals surface area contributed by atoms with Gasteiger partial charge in [0.05, 0.1) is 10.6 Å². The van der Waals surface area contributed by atoms with Crippen LogP contribution in [0.2, 0.25) is 5.02 Å². The Morgan fingerprint density at radius 2 is 1.64 bits per heavy atom. The minimum atomic E-state index is -0.661. The van der Waals surface area contributed by atoms with Crippen molar-refractivity contribution in [2.75, 3.05) is 0 Å². The number of fused-ring (bicyclic) bond motifs is 3. The summed E-state index contributed by atoms with van der Waals surface area (Å²) in [5.74, 6) is -0.871. The van der Waals surface area contributed by atoms with Gasteiger partial charge in [-0.25, -0.2) is 4.39 Å². The maximum atomic E-state index is 13.6. The molecule has 0 unspecified atom stereocenters. The topological polar surface area (TPSA) is 78.4 Å². The third kappa shape index (κ3) is 3.71. The fourth-order valence-electron chi connectivity index (χ4n) is 4.91. The van der Waals surface area contributed by atoms with E-state index in [4.69, 9.17) is 11.6 Å². The molecule has 0 radical (unpaired) electrons. The highest BCUT2D eigenvalue weighted by atomic mass is 35.5. The number of aromatic hydroxyl groups is 1. The van der Waals surface area contributed by atoms with Crippen molar-refractivity contribution in [3.8, 4) is 5.75 Å². The van der Waals surface area contributed by atoms with Crippen LogP contribution in [0.5, 0.6) is 5.75 Å². The van der Waals surface area contributed by atoms with Gasteiger partial charge in [0, 0.05) is 17.5 Å². The van der Waals surface area contributed by atoms with Crippen LogP contribution in [0.4, 0.5) is 4.39 Å².